The van der Waals surface area contributed by atoms with Gasteiger partial charge in [0.1, 0.15) is 12.2 Å². The molecule has 0 rings (SSSR count). The van der Waals surface area contributed by atoms with Gasteiger partial charge in [-0.2, -0.15) is 0 Å². The molecular weight excluding hydrogens is 204 g/mol. The van der Waals surface area contributed by atoms with Gasteiger partial charge in [0.15, 0.2) is 0 Å². The second kappa shape index (κ2) is 11.1. The molecule has 0 spiro atoms. The zero-order valence-corrected chi connectivity index (χ0v) is 8.67. The minimum Gasteiger partial charge on any atom is -0.463 e. The Morgan fingerprint density at radius 3 is 1.87 bits per heavy atom. The van der Waals surface area contributed by atoms with Crippen molar-refractivity contribution >= 4 is 5.97 Å². The SMILES string of the molecule is C=CC(=O)OCC.OCC(O)C(O)CO. The Bertz CT molecular complexity index is 162. The quantitative estimate of drug-likeness (QED) is 0.330. The molecule has 0 aliphatic rings. The topological polar surface area (TPSA) is 107 Å². The third-order valence-electron chi connectivity index (χ3n) is 1.27. The average molecular weight is 222 g/mol. The van der Waals surface area contributed by atoms with Crippen molar-refractivity contribution in [3.05, 3.63) is 12.7 Å². The minimum absolute atomic E-state index is 0.359. The van der Waals surface area contributed by atoms with E-state index in [2.05, 4.69) is 11.3 Å². The molecule has 0 aromatic heterocycles. The lowest BCUT2D eigenvalue weighted by molar-refractivity contribution is -0.137. The van der Waals surface area contributed by atoms with Crippen LogP contribution in [0.4, 0.5) is 0 Å². The largest absolute Gasteiger partial charge is 0.463 e. The van der Waals surface area contributed by atoms with Gasteiger partial charge in [0.05, 0.1) is 19.8 Å². The summed E-state index contributed by atoms with van der Waals surface area (Å²) in [6.07, 6.45) is -1.30. The number of carbonyl (C=O) groups is 1. The van der Waals surface area contributed by atoms with E-state index in [-0.39, 0.29) is 5.97 Å². The molecule has 6 nitrogen and oxygen atoms in total. The molecule has 90 valence electrons. The molecule has 0 aromatic carbocycles. The molecule has 15 heavy (non-hydrogen) atoms. The predicted octanol–water partition coefficient (Wildman–Crippen LogP) is -1.57. The Hall–Kier alpha value is -0.950. The van der Waals surface area contributed by atoms with Crippen LogP contribution < -0.4 is 0 Å². The number of hydrogen-bond donors (Lipinski definition) is 4. The van der Waals surface area contributed by atoms with Crippen LogP contribution in [-0.2, 0) is 9.53 Å². The van der Waals surface area contributed by atoms with Crippen LogP contribution in [0.5, 0.6) is 0 Å². The Morgan fingerprint density at radius 2 is 1.73 bits per heavy atom. The highest BCUT2D eigenvalue weighted by Crippen LogP contribution is 1.88. The minimum atomic E-state index is -1.22. The lowest BCUT2D eigenvalue weighted by Crippen LogP contribution is -2.31. The summed E-state index contributed by atoms with van der Waals surface area (Å²) < 4.78 is 4.43. The summed E-state index contributed by atoms with van der Waals surface area (Å²) in [5, 5.41) is 33.2. The van der Waals surface area contributed by atoms with Gasteiger partial charge in [-0.15, -0.1) is 0 Å². The van der Waals surface area contributed by atoms with E-state index in [1.807, 2.05) is 0 Å². The summed E-state index contributed by atoms with van der Waals surface area (Å²) in [5.41, 5.74) is 0. The molecule has 0 saturated carbocycles. The van der Waals surface area contributed by atoms with E-state index in [1.165, 1.54) is 0 Å². The maximum atomic E-state index is 10.1. The fourth-order valence-electron chi connectivity index (χ4n) is 0.445. The zero-order chi connectivity index (χ0) is 12.3. The van der Waals surface area contributed by atoms with Gasteiger partial charge in [-0.05, 0) is 6.92 Å². The van der Waals surface area contributed by atoms with Gasteiger partial charge in [0, 0.05) is 6.08 Å². The fourth-order valence-corrected chi connectivity index (χ4v) is 0.445. The standard InChI is InChI=1S/C5H8O2.C4H10O4/c1-3-5(6)7-4-2;5-1-3(7)4(8)2-6/h3H,1,4H2,2H3;3-8H,1-2H2. The molecule has 0 amide bonds. The first-order valence-corrected chi connectivity index (χ1v) is 4.40. The van der Waals surface area contributed by atoms with Crippen LogP contribution in [0, 0.1) is 0 Å². The maximum absolute atomic E-state index is 10.1. The molecule has 0 aliphatic carbocycles. The third kappa shape index (κ3) is 11.0. The first-order valence-electron chi connectivity index (χ1n) is 4.40. The van der Waals surface area contributed by atoms with E-state index in [9.17, 15) is 4.79 Å². The Labute approximate surface area is 88.4 Å². The molecule has 4 N–H and O–H groups in total. The van der Waals surface area contributed by atoms with Crippen LogP contribution in [0.25, 0.3) is 0 Å². The second-order valence-corrected chi connectivity index (χ2v) is 2.46. The van der Waals surface area contributed by atoms with Crippen molar-refractivity contribution < 1.29 is 30.0 Å². The summed E-state index contributed by atoms with van der Waals surface area (Å²) in [5.74, 6) is -0.359. The number of carbonyl (C=O) groups excluding carboxylic acids is 1. The van der Waals surface area contributed by atoms with E-state index in [4.69, 9.17) is 20.4 Å². The summed E-state index contributed by atoms with van der Waals surface area (Å²) in [7, 11) is 0. The van der Waals surface area contributed by atoms with Crippen LogP contribution >= 0.6 is 0 Å². The van der Waals surface area contributed by atoms with Crippen molar-refractivity contribution in [2.24, 2.45) is 0 Å². The zero-order valence-electron chi connectivity index (χ0n) is 8.67. The second-order valence-electron chi connectivity index (χ2n) is 2.46. The van der Waals surface area contributed by atoms with E-state index in [0.29, 0.717) is 6.61 Å². The van der Waals surface area contributed by atoms with Crippen LogP contribution in [0.2, 0.25) is 0 Å². The molecule has 0 aliphatic heterocycles. The van der Waals surface area contributed by atoms with Crippen molar-refractivity contribution in [3.63, 3.8) is 0 Å². The van der Waals surface area contributed by atoms with E-state index >= 15 is 0 Å². The van der Waals surface area contributed by atoms with Gasteiger partial charge >= 0.3 is 5.97 Å². The molecule has 0 aromatic rings. The van der Waals surface area contributed by atoms with Crippen LogP contribution in [0.1, 0.15) is 6.92 Å². The molecule has 6 heteroatoms. The maximum Gasteiger partial charge on any atom is 0.330 e. The van der Waals surface area contributed by atoms with E-state index in [1.54, 1.807) is 6.92 Å². The van der Waals surface area contributed by atoms with Gasteiger partial charge < -0.3 is 25.2 Å². The number of esters is 1. The van der Waals surface area contributed by atoms with Gasteiger partial charge in [0.25, 0.3) is 0 Å². The summed E-state index contributed by atoms with van der Waals surface area (Å²) in [6.45, 7) is 4.33. The van der Waals surface area contributed by atoms with Gasteiger partial charge in [-0.3, -0.25) is 0 Å². The Morgan fingerprint density at radius 1 is 1.33 bits per heavy atom. The molecular formula is C9H18O6. The highest BCUT2D eigenvalue weighted by atomic mass is 16.5. The number of aliphatic hydroxyl groups is 4. The number of rotatable bonds is 5. The predicted molar refractivity (Wildman–Crippen MR) is 53.0 cm³/mol. The Kier molecular flexibility index (Phi) is 12.2. The van der Waals surface area contributed by atoms with Crippen LogP contribution in [-0.4, -0.2) is 58.4 Å². The molecule has 0 fully saturated rings. The van der Waals surface area contributed by atoms with E-state index < -0.39 is 25.4 Å². The lowest BCUT2D eigenvalue weighted by Gasteiger charge is -2.10. The molecule has 0 heterocycles. The van der Waals surface area contributed by atoms with Crippen LogP contribution in [0.15, 0.2) is 12.7 Å². The molecule has 0 radical (unpaired) electrons. The Balaban J connectivity index is 0. The van der Waals surface area contributed by atoms with Gasteiger partial charge in [-0.1, -0.05) is 6.58 Å². The first kappa shape index (κ1) is 16.5. The highest BCUT2D eigenvalue weighted by molar-refractivity contribution is 5.81. The fraction of sp³-hybridized carbons (Fsp3) is 0.667. The average Bonchev–Trinajstić information content (AvgIpc) is 2.27. The van der Waals surface area contributed by atoms with Gasteiger partial charge in [-0.25, -0.2) is 4.79 Å². The smallest absolute Gasteiger partial charge is 0.330 e. The van der Waals surface area contributed by atoms with E-state index in [0.717, 1.165) is 6.08 Å². The lowest BCUT2D eigenvalue weighted by atomic mass is 10.2. The normalized spacial score (nSPS) is 13.1. The van der Waals surface area contributed by atoms with Crippen molar-refractivity contribution in [2.75, 3.05) is 19.8 Å². The number of ether oxygens (including phenoxy) is 1. The molecule has 0 saturated heterocycles. The molecule has 0 bridgehead atoms. The van der Waals surface area contributed by atoms with Gasteiger partial charge in [0.2, 0.25) is 0 Å². The van der Waals surface area contributed by atoms with Crippen molar-refractivity contribution in [3.8, 4) is 0 Å². The molecule has 2 atom stereocenters. The molecule has 2 unspecified atom stereocenters. The van der Waals surface area contributed by atoms with Crippen molar-refractivity contribution in [2.45, 2.75) is 19.1 Å². The monoisotopic (exact) mass is 222 g/mol. The first-order chi connectivity index (χ1) is 7.03. The summed E-state index contributed by atoms with van der Waals surface area (Å²) in [4.78, 5) is 10.1. The number of aliphatic hydroxyl groups excluding tert-OH is 4. The van der Waals surface area contributed by atoms with Crippen molar-refractivity contribution in [1.82, 2.24) is 0 Å². The highest BCUT2D eigenvalue weighted by Gasteiger charge is 2.12. The van der Waals surface area contributed by atoms with Crippen LogP contribution in [0.3, 0.4) is 0 Å². The summed E-state index contributed by atoms with van der Waals surface area (Å²) in [6, 6.07) is 0. The summed E-state index contributed by atoms with van der Waals surface area (Å²) >= 11 is 0. The third-order valence-corrected chi connectivity index (χ3v) is 1.27. The number of hydrogen-bond acceptors (Lipinski definition) is 6. The van der Waals surface area contributed by atoms with Crippen molar-refractivity contribution in [1.29, 1.82) is 0 Å².